The van der Waals surface area contributed by atoms with E-state index in [1.165, 1.54) is 12.8 Å². The summed E-state index contributed by atoms with van der Waals surface area (Å²) in [6.07, 6.45) is 2.49. The van der Waals surface area contributed by atoms with Crippen LogP contribution in [0, 0.1) is 5.92 Å². The number of hydrogen-bond donors (Lipinski definition) is 1. The third-order valence-corrected chi connectivity index (χ3v) is 5.58. The SMILES string of the molecule is CC1CCCN(C(C)(C)CNC(=O)Cn2c(=O)n(C)c3ccccc32)C1. The van der Waals surface area contributed by atoms with Crippen molar-refractivity contribution in [3.05, 3.63) is 34.7 Å². The monoisotopic (exact) mass is 358 g/mol. The summed E-state index contributed by atoms with van der Waals surface area (Å²) in [7, 11) is 1.74. The molecule has 1 amide bonds. The van der Waals surface area contributed by atoms with Gasteiger partial charge in [-0.2, -0.15) is 0 Å². The largest absolute Gasteiger partial charge is 0.353 e. The average Bonchev–Trinajstić information content (AvgIpc) is 2.85. The summed E-state index contributed by atoms with van der Waals surface area (Å²) >= 11 is 0. The lowest BCUT2D eigenvalue weighted by molar-refractivity contribution is -0.122. The first kappa shape index (κ1) is 18.7. The van der Waals surface area contributed by atoms with Crippen molar-refractivity contribution in [3.63, 3.8) is 0 Å². The van der Waals surface area contributed by atoms with Gasteiger partial charge < -0.3 is 5.32 Å². The van der Waals surface area contributed by atoms with Crippen molar-refractivity contribution in [2.24, 2.45) is 13.0 Å². The number of nitrogens with one attached hydrogen (secondary N) is 1. The first-order valence-corrected chi connectivity index (χ1v) is 9.45. The second-order valence-electron chi connectivity index (χ2n) is 8.20. The minimum absolute atomic E-state index is 0.0483. The molecule has 3 rings (SSSR count). The molecule has 1 N–H and O–H groups in total. The Hall–Kier alpha value is -2.08. The summed E-state index contributed by atoms with van der Waals surface area (Å²) < 4.78 is 3.13. The number of para-hydroxylation sites is 2. The fraction of sp³-hybridized carbons (Fsp3) is 0.600. The number of carbonyl (C=O) groups is 1. The van der Waals surface area contributed by atoms with E-state index in [0.717, 1.165) is 24.1 Å². The Labute approximate surface area is 154 Å². The number of rotatable bonds is 5. The molecule has 1 unspecified atom stereocenters. The Morgan fingerprint density at radius 2 is 1.96 bits per heavy atom. The fourth-order valence-electron chi connectivity index (χ4n) is 3.88. The van der Waals surface area contributed by atoms with Gasteiger partial charge in [-0.25, -0.2) is 4.79 Å². The van der Waals surface area contributed by atoms with E-state index in [1.54, 1.807) is 16.2 Å². The Balaban J connectivity index is 1.66. The molecular weight excluding hydrogens is 328 g/mol. The highest BCUT2D eigenvalue weighted by molar-refractivity contribution is 5.80. The van der Waals surface area contributed by atoms with Gasteiger partial charge in [-0.3, -0.25) is 18.8 Å². The van der Waals surface area contributed by atoms with Crippen molar-refractivity contribution in [2.45, 2.75) is 45.7 Å². The molecule has 2 aromatic rings. The van der Waals surface area contributed by atoms with E-state index in [-0.39, 0.29) is 23.7 Å². The normalized spacial score (nSPS) is 19.0. The standard InChI is InChI=1S/C20H30N4O2/c1-15-8-7-11-23(12-15)20(2,3)14-21-18(25)13-24-17-10-6-5-9-16(17)22(4)19(24)26/h5-6,9-10,15H,7-8,11-14H2,1-4H3,(H,21,25). The summed E-state index contributed by atoms with van der Waals surface area (Å²) in [5, 5.41) is 3.04. The van der Waals surface area contributed by atoms with Crippen LogP contribution < -0.4 is 11.0 Å². The molecule has 1 fully saturated rings. The van der Waals surface area contributed by atoms with Crippen molar-refractivity contribution in [3.8, 4) is 0 Å². The number of hydrogen-bond acceptors (Lipinski definition) is 3. The van der Waals surface area contributed by atoms with E-state index in [0.29, 0.717) is 12.5 Å². The zero-order chi connectivity index (χ0) is 18.9. The maximum absolute atomic E-state index is 12.5. The van der Waals surface area contributed by atoms with E-state index in [9.17, 15) is 9.59 Å². The van der Waals surface area contributed by atoms with Gasteiger partial charge in [0.25, 0.3) is 0 Å². The molecule has 0 saturated carbocycles. The number of amides is 1. The van der Waals surface area contributed by atoms with Gasteiger partial charge >= 0.3 is 5.69 Å². The highest BCUT2D eigenvalue weighted by Crippen LogP contribution is 2.23. The molecule has 0 bridgehead atoms. The number of aromatic nitrogens is 2. The van der Waals surface area contributed by atoms with E-state index < -0.39 is 0 Å². The highest BCUT2D eigenvalue weighted by atomic mass is 16.2. The van der Waals surface area contributed by atoms with Crippen LogP contribution in [-0.2, 0) is 18.4 Å². The zero-order valence-electron chi connectivity index (χ0n) is 16.3. The molecular formula is C20H30N4O2. The number of imidazole rings is 1. The van der Waals surface area contributed by atoms with Gasteiger partial charge in [0.2, 0.25) is 5.91 Å². The summed E-state index contributed by atoms with van der Waals surface area (Å²) in [6.45, 7) is 9.42. The first-order valence-electron chi connectivity index (χ1n) is 9.45. The third kappa shape index (κ3) is 3.70. The Morgan fingerprint density at radius 3 is 2.65 bits per heavy atom. The topological polar surface area (TPSA) is 59.3 Å². The van der Waals surface area contributed by atoms with Gasteiger partial charge in [0, 0.05) is 25.7 Å². The third-order valence-electron chi connectivity index (χ3n) is 5.58. The van der Waals surface area contributed by atoms with Gasteiger partial charge in [-0.05, 0) is 51.3 Å². The smallest absolute Gasteiger partial charge is 0.329 e. The van der Waals surface area contributed by atoms with Crippen LogP contribution in [-0.4, -0.2) is 45.1 Å². The molecule has 1 aromatic heterocycles. The molecule has 1 aromatic carbocycles. The average molecular weight is 358 g/mol. The van der Waals surface area contributed by atoms with Crippen LogP contribution in [0.25, 0.3) is 11.0 Å². The highest BCUT2D eigenvalue weighted by Gasteiger charge is 2.30. The molecule has 1 aliphatic rings. The fourth-order valence-corrected chi connectivity index (χ4v) is 3.88. The summed E-state index contributed by atoms with van der Waals surface area (Å²) in [4.78, 5) is 27.4. The summed E-state index contributed by atoms with van der Waals surface area (Å²) in [5.74, 6) is 0.578. The van der Waals surface area contributed by atoms with Crippen LogP contribution in [0.1, 0.15) is 33.6 Å². The molecule has 1 aliphatic heterocycles. The minimum Gasteiger partial charge on any atom is -0.353 e. The van der Waals surface area contributed by atoms with E-state index in [1.807, 2.05) is 24.3 Å². The van der Waals surface area contributed by atoms with E-state index in [4.69, 9.17) is 0 Å². The summed E-state index contributed by atoms with van der Waals surface area (Å²) in [6, 6.07) is 7.56. The number of carbonyl (C=O) groups excluding carboxylic acids is 1. The van der Waals surface area contributed by atoms with Gasteiger partial charge in [-0.15, -0.1) is 0 Å². The Kier molecular flexibility index (Phi) is 5.23. The second kappa shape index (κ2) is 7.27. The molecule has 2 heterocycles. The van der Waals surface area contributed by atoms with E-state index in [2.05, 4.69) is 31.0 Å². The van der Waals surface area contributed by atoms with Crippen molar-refractivity contribution < 1.29 is 4.79 Å². The van der Waals surface area contributed by atoms with E-state index >= 15 is 0 Å². The predicted molar refractivity (Wildman–Crippen MR) is 104 cm³/mol. The molecule has 0 radical (unpaired) electrons. The molecule has 142 valence electrons. The minimum atomic E-state index is -0.162. The quantitative estimate of drug-likeness (QED) is 0.889. The molecule has 1 atom stereocenters. The van der Waals surface area contributed by atoms with Crippen LogP contribution in [0.15, 0.2) is 29.1 Å². The van der Waals surface area contributed by atoms with Gasteiger partial charge in [-0.1, -0.05) is 19.1 Å². The van der Waals surface area contributed by atoms with Crippen LogP contribution in [0.4, 0.5) is 0 Å². The number of likely N-dealkylation sites (tertiary alicyclic amines) is 1. The number of piperidine rings is 1. The van der Waals surface area contributed by atoms with Crippen LogP contribution in [0.3, 0.4) is 0 Å². The molecule has 6 heteroatoms. The lowest BCUT2D eigenvalue weighted by Gasteiger charge is -2.43. The van der Waals surface area contributed by atoms with Gasteiger partial charge in [0.05, 0.1) is 11.0 Å². The summed E-state index contributed by atoms with van der Waals surface area (Å²) in [5.41, 5.74) is 1.38. The zero-order valence-corrected chi connectivity index (χ0v) is 16.3. The molecule has 6 nitrogen and oxygen atoms in total. The Morgan fingerprint density at radius 1 is 1.27 bits per heavy atom. The van der Waals surface area contributed by atoms with Gasteiger partial charge in [0.1, 0.15) is 6.54 Å². The van der Waals surface area contributed by atoms with Crippen molar-refractivity contribution in [1.82, 2.24) is 19.4 Å². The second-order valence-corrected chi connectivity index (χ2v) is 8.20. The lowest BCUT2D eigenvalue weighted by atomic mass is 9.93. The molecule has 0 spiro atoms. The van der Waals surface area contributed by atoms with Crippen molar-refractivity contribution in [2.75, 3.05) is 19.6 Å². The van der Waals surface area contributed by atoms with Crippen LogP contribution >= 0.6 is 0 Å². The van der Waals surface area contributed by atoms with Gasteiger partial charge in [0.15, 0.2) is 0 Å². The van der Waals surface area contributed by atoms with Crippen molar-refractivity contribution in [1.29, 1.82) is 0 Å². The lowest BCUT2D eigenvalue weighted by Crippen LogP contribution is -2.55. The predicted octanol–water partition coefficient (Wildman–Crippen LogP) is 1.97. The molecule has 0 aliphatic carbocycles. The number of benzene rings is 1. The van der Waals surface area contributed by atoms with Crippen molar-refractivity contribution >= 4 is 16.9 Å². The first-order chi connectivity index (χ1) is 12.3. The number of nitrogens with zero attached hydrogens (tertiary/aromatic N) is 3. The molecule has 1 saturated heterocycles. The maximum atomic E-state index is 12.5. The number of fused-ring (bicyclic) bond motifs is 1. The number of aryl methyl sites for hydroxylation is 1. The molecule has 26 heavy (non-hydrogen) atoms. The van der Waals surface area contributed by atoms with Crippen LogP contribution in [0.2, 0.25) is 0 Å². The van der Waals surface area contributed by atoms with Crippen LogP contribution in [0.5, 0.6) is 0 Å². The maximum Gasteiger partial charge on any atom is 0.329 e. The Bertz CT molecular complexity index is 849.